The molecule has 0 aliphatic carbocycles. The first-order valence-electron chi connectivity index (χ1n) is 9.69. The predicted molar refractivity (Wildman–Crippen MR) is 109 cm³/mol. The molecule has 12 heteroatoms. The number of hydrogen-bond acceptors (Lipinski definition) is 7. The molecule has 1 aliphatic heterocycles. The number of ether oxygens (including phenoxy) is 1. The van der Waals surface area contributed by atoms with Gasteiger partial charge in [-0.25, -0.2) is 4.79 Å². The average molecular weight is 439 g/mol. The van der Waals surface area contributed by atoms with Crippen molar-refractivity contribution in [2.75, 3.05) is 44.2 Å². The lowest BCUT2D eigenvalue weighted by Crippen LogP contribution is -2.49. The lowest BCUT2D eigenvalue weighted by atomic mass is 10.2. The van der Waals surface area contributed by atoms with Crippen LogP contribution in [0.4, 0.5) is 20.3 Å². The van der Waals surface area contributed by atoms with E-state index < -0.39 is 22.2 Å². The molecule has 10 nitrogen and oxygen atoms in total. The highest BCUT2D eigenvalue weighted by molar-refractivity contribution is 5.40. The molecule has 0 amide bonds. The molecule has 0 saturated carbocycles. The molecule has 3 rings (SSSR count). The van der Waals surface area contributed by atoms with Gasteiger partial charge >= 0.3 is 11.4 Å². The number of nitro groups is 1. The minimum Gasteiger partial charge on any atom is -0.493 e. The lowest BCUT2D eigenvalue weighted by molar-refractivity contribution is -0.390. The fourth-order valence-corrected chi connectivity index (χ4v) is 3.50. The van der Waals surface area contributed by atoms with Crippen molar-refractivity contribution in [1.82, 2.24) is 14.0 Å². The van der Waals surface area contributed by atoms with Crippen molar-refractivity contribution in [1.29, 1.82) is 0 Å². The molecule has 1 aliphatic rings. The number of anilines is 1. The van der Waals surface area contributed by atoms with Crippen LogP contribution in [-0.4, -0.2) is 58.3 Å². The molecule has 2 aromatic rings. The number of rotatable bonds is 7. The second-order valence-corrected chi connectivity index (χ2v) is 7.26. The highest BCUT2D eigenvalue weighted by atomic mass is 19.1. The third-order valence-electron chi connectivity index (χ3n) is 5.26. The molecule has 31 heavy (non-hydrogen) atoms. The number of halogens is 2. The van der Waals surface area contributed by atoms with E-state index in [4.69, 9.17) is 4.74 Å². The van der Waals surface area contributed by atoms with Gasteiger partial charge in [-0.2, -0.15) is 8.78 Å². The third kappa shape index (κ3) is 4.90. The van der Waals surface area contributed by atoms with Crippen LogP contribution in [0, 0.1) is 21.7 Å². The van der Waals surface area contributed by atoms with E-state index in [0.29, 0.717) is 45.0 Å². The first-order valence-corrected chi connectivity index (χ1v) is 9.69. The van der Waals surface area contributed by atoms with Crippen molar-refractivity contribution in [2.45, 2.75) is 6.42 Å². The Morgan fingerprint density at radius 3 is 2.23 bits per heavy atom. The van der Waals surface area contributed by atoms with Crippen molar-refractivity contribution in [3.05, 3.63) is 60.8 Å². The molecule has 1 fully saturated rings. The summed E-state index contributed by atoms with van der Waals surface area (Å²) in [4.78, 5) is 37.7. The van der Waals surface area contributed by atoms with Crippen LogP contribution >= 0.6 is 0 Å². The SMILES string of the molecule is Cn1c(N2CCN(CCCOc3cc(F)c([N+](=O)[O-])c(F)c3)CC2)cc(=O)n(C)c1=O. The van der Waals surface area contributed by atoms with Crippen molar-refractivity contribution >= 4 is 11.5 Å². The Bertz CT molecular complexity index is 1070. The van der Waals surface area contributed by atoms with Crippen LogP contribution in [0.5, 0.6) is 5.75 Å². The zero-order chi connectivity index (χ0) is 22.7. The monoisotopic (exact) mass is 439 g/mol. The maximum Gasteiger partial charge on any atom is 0.340 e. The molecule has 0 atom stereocenters. The molecule has 168 valence electrons. The van der Waals surface area contributed by atoms with E-state index in [1.165, 1.54) is 17.7 Å². The molecule has 1 aromatic heterocycles. The largest absolute Gasteiger partial charge is 0.493 e. The maximum atomic E-state index is 13.6. The first kappa shape index (κ1) is 22.4. The summed E-state index contributed by atoms with van der Waals surface area (Å²) >= 11 is 0. The lowest BCUT2D eigenvalue weighted by Gasteiger charge is -2.36. The van der Waals surface area contributed by atoms with Crippen LogP contribution in [0.15, 0.2) is 27.8 Å². The molecule has 1 aromatic carbocycles. The van der Waals surface area contributed by atoms with Gasteiger partial charge in [0.25, 0.3) is 5.56 Å². The van der Waals surface area contributed by atoms with Crippen molar-refractivity contribution in [3.63, 3.8) is 0 Å². The molecule has 0 radical (unpaired) electrons. The van der Waals surface area contributed by atoms with E-state index in [9.17, 15) is 28.5 Å². The molecule has 0 bridgehead atoms. The van der Waals surface area contributed by atoms with E-state index >= 15 is 0 Å². The number of nitro benzene ring substituents is 1. The molecule has 1 saturated heterocycles. The van der Waals surface area contributed by atoms with Gasteiger partial charge in [0.2, 0.25) is 11.6 Å². The van der Waals surface area contributed by atoms with Gasteiger partial charge in [0, 0.05) is 65.0 Å². The van der Waals surface area contributed by atoms with Crippen molar-refractivity contribution in [2.24, 2.45) is 14.1 Å². The average Bonchev–Trinajstić information content (AvgIpc) is 2.72. The van der Waals surface area contributed by atoms with Gasteiger partial charge < -0.3 is 9.64 Å². The van der Waals surface area contributed by atoms with Gasteiger partial charge in [-0.1, -0.05) is 0 Å². The standard InChI is InChI=1S/C19H23F2N5O5/c1-22-16(12-17(27)23(2)19(22)28)25-7-5-24(6-8-25)4-3-9-31-13-10-14(20)18(26(29)30)15(21)11-13/h10-12H,3-9H2,1-2H3. The molecule has 2 heterocycles. The van der Waals surface area contributed by atoms with Gasteiger partial charge in [0.1, 0.15) is 11.6 Å². The van der Waals surface area contributed by atoms with Crippen LogP contribution < -0.4 is 20.9 Å². The van der Waals surface area contributed by atoms with Crippen LogP contribution in [-0.2, 0) is 14.1 Å². The van der Waals surface area contributed by atoms with Gasteiger partial charge in [-0.05, 0) is 6.42 Å². The Morgan fingerprint density at radius 2 is 1.65 bits per heavy atom. The van der Waals surface area contributed by atoms with Gasteiger partial charge in [0.05, 0.1) is 11.5 Å². The Balaban J connectivity index is 1.48. The van der Waals surface area contributed by atoms with Crippen LogP contribution in [0.25, 0.3) is 0 Å². The van der Waals surface area contributed by atoms with Crippen LogP contribution in [0.2, 0.25) is 0 Å². The zero-order valence-corrected chi connectivity index (χ0v) is 17.2. The molecular formula is C19H23F2N5O5. The smallest absolute Gasteiger partial charge is 0.340 e. The van der Waals surface area contributed by atoms with Crippen LogP contribution in [0.3, 0.4) is 0 Å². The molecular weight excluding hydrogens is 416 g/mol. The summed E-state index contributed by atoms with van der Waals surface area (Å²) in [5.74, 6) is -2.07. The van der Waals surface area contributed by atoms with Crippen molar-refractivity contribution in [3.8, 4) is 5.75 Å². The molecule has 0 N–H and O–H groups in total. The van der Waals surface area contributed by atoms with E-state index in [2.05, 4.69) is 4.90 Å². The van der Waals surface area contributed by atoms with Gasteiger partial charge in [-0.3, -0.25) is 28.9 Å². The molecule has 0 spiro atoms. The maximum absolute atomic E-state index is 13.6. The van der Waals surface area contributed by atoms with E-state index in [1.54, 1.807) is 7.05 Å². The summed E-state index contributed by atoms with van der Waals surface area (Å²) in [5.41, 5.74) is -1.92. The minimum atomic E-state index is -1.28. The number of piperazine rings is 1. The fraction of sp³-hybridized carbons (Fsp3) is 0.474. The van der Waals surface area contributed by atoms with Gasteiger partial charge in [0.15, 0.2) is 0 Å². The highest BCUT2D eigenvalue weighted by Crippen LogP contribution is 2.26. The second-order valence-electron chi connectivity index (χ2n) is 7.26. The number of hydrogen-bond donors (Lipinski definition) is 0. The van der Waals surface area contributed by atoms with Crippen molar-refractivity contribution < 1.29 is 18.4 Å². The van der Waals surface area contributed by atoms with E-state index in [-0.39, 0.29) is 23.6 Å². The fourth-order valence-electron chi connectivity index (χ4n) is 3.50. The Morgan fingerprint density at radius 1 is 1.03 bits per heavy atom. The van der Waals surface area contributed by atoms with Gasteiger partial charge in [-0.15, -0.1) is 0 Å². The zero-order valence-electron chi connectivity index (χ0n) is 17.2. The van der Waals surface area contributed by atoms with Crippen LogP contribution in [0.1, 0.15) is 6.42 Å². The summed E-state index contributed by atoms with van der Waals surface area (Å²) in [6.45, 7) is 3.58. The Kier molecular flexibility index (Phi) is 6.68. The highest BCUT2D eigenvalue weighted by Gasteiger charge is 2.23. The van der Waals surface area contributed by atoms with E-state index in [1.807, 2.05) is 4.90 Å². The third-order valence-corrected chi connectivity index (χ3v) is 5.26. The number of benzene rings is 1. The topological polar surface area (TPSA) is 103 Å². The molecule has 0 unspecified atom stereocenters. The number of aromatic nitrogens is 2. The number of nitrogens with zero attached hydrogens (tertiary/aromatic N) is 5. The summed E-state index contributed by atoms with van der Waals surface area (Å²) in [6.07, 6.45) is 0.588. The summed E-state index contributed by atoms with van der Waals surface area (Å²) in [7, 11) is 3.07. The van der Waals surface area contributed by atoms with E-state index in [0.717, 1.165) is 16.7 Å². The Hall–Kier alpha value is -3.28. The minimum absolute atomic E-state index is 0.100. The predicted octanol–water partition coefficient (Wildman–Crippen LogP) is 0.861. The summed E-state index contributed by atoms with van der Waals surface area (Å²) < 4.78 is 35.1. The summed E-state index contributed by atoms with van der Waals surface area (Å²) in [6, 6.07) is 3.05. The summed E-state index contributed by atoms with van der Waals surface area (Å²) in [5, 5.41) is 10.6. The first-order chi connectivity index (χ1) is 14.7. The second kappa shape index (κ2) is 9.25. The Labute approximate surface area is 176 Å². The quantitative estimate of drug-likeness (QED) is 0.358. The normalized spacial score (nSPS) is 14.6.